The third kappa shape index (κ3) is 1.83. The average molecular weight is 249 g/mol. The van der Waals surface area contributed by atoms with Crippen LogP contribution in [-0.4, -0.2) is 36.1 Å². The van der Waals surface area contributed by atoms with Gasteiger partial charge in [-0.05, 0) is 24.9 Å². The standard InChI is InChI=1S/C11H15N5S/c1-13-7-2-4-16(6-7)10-9-8(3-5-17-9)14-11(12)15-10/h3,5,7,13H,2,4,6H2,1H3,(H2,12,14,15)/t7-/m1/s1. The molecule has 0 radical (unpaired) electrons. The number of aromatic nitrogens is 2. The van der Waals surface area contributed by atoms with E-state index in [1.54, 1.807) is 11.3 Å². The summed E-state index contributed by atoms with van der Waals surface area (Å²) in [5.41, 5.74) is 6.71. The number of anilines is 2. The Morgan fingerprint density at radius 2 is 2.41 bits per heavy atom. The molecule has 3 heterocycles. The number of fused-ring (bicyclic) bond motifs is 1. The van der Waals surface area contributed by atoms with Crippen LogP contribution in [0.1, 0.15) is 6.42 Å². The van der Waals surface area contributed by atoms with E-state index in [-0.39, 0.29) is 0 Å². The van der Waals surface area contributed by atoms with Gasteiger partial charge in [-0.2, -0.15) is 4.98 Å². The van der Waals surface area contributed by atoms with E-state index in [0.29, 0.717) is 12.0 Å². The molecule has 0 amide bonds. The van der Waals surface area contributed by atoms with Gasteiger partial charge in [-0.1, -0.05) is 0 Å². The summed E-state index contributed by atoms with van der Waals surface area (Å²) < 4.78 is 1.14. The predicted molar refractivity (Wildman–Crippen MR) is 71.5 cm³/mol. The average Bonchev–Trinajstić information content (AvgIpc) is 2.95. The molecule has 0 bridgehead atoms. The lowest BCUT2D eigenvalue weighted by Gasteiger charge is -2.18. The number of hydrogen-bond donors (Lipinski definition) is 2. The van der Waals surface area contributed by atoms with Crippen molar-refractivity contribution in [3.05, 3.63) is 11.4 Å². The second-order valence-corrected chi connectivity index (χ2v) is 5.18. The lowest BCUT2D eigenvalue weighted by Crippen LogP contribution is -2.30. The first-order valence-electron chi connectivity index (χ1n) is 5.71. The Morgan fingerprint density at radius 3 is 3.18 bits per heavy atom. The van der Waals surface area contributed by atoms with Gasteiger partial charge in [-0.25, -0.2) is 4.98 Å². The number of nitrogens with two attached hydrogens (primary N) is 1. The Balaban J connectivity index is 2.02. The number of hydrogen-bond acceptors (Lipinski definition) is 6. The summed E-state index contributed by atoms with van der Waals surface area (Å²) >= 11 is 1.68. The van der Waals surface area contributed by atoms with Gasteiger partial charge >= 0.3 is 0 Å². The maximum absolute atomic E-state index is 5.76. The van der Waals surface area contributed by atoms with Crippen molar-refractivity contribution in [3.8, 4) is 0 Å². The zero-order valence-corrected chi connectivity index (χ0v) is 10.5. The highest BCUT2D eigenvalue weighted by atomic mass is 32.1. The Labute approximate surface area is 104 Å². The number of thiophene rings is 1. The summed E-state index contributed by atoms with van der Waals surface area (Å²) in [6, 6.07) is 2.54. The SMILES string of the molecule is CN[C@@H]1CCN(c2nc(N)nc3ccsc23)C1. The van der Waals surface area contributed by atoms with Gasteiger partial charge in [0.1, 0.15) is 0 Å². The van der Waals surface area contributed by atoms with E-state index in [2.05, 4.69) is 20.2 Å². The summed E-state index contributed by atoms with van der Waals surface area (Å²) in [5, 5.41) is 5.34. The van der Waals surface area contributed by atoms with Crippen molar-refractivity contribution < 1.29 is 0 Å². The Kier molecular flexibility index (Phi) is 2.60. The molecule has 90 valence electrons. The van der Waals surface area contributed by atoms with Crippen molar-refractivity contribution in [2.45, 2.75) is 12.5 Å². The highest BCUT2D eigenvalue weighted by Crippen LogP contribution is 2.31. The van der Waals surface area contributed by atoms with E-state index in [0.717, 1.165) is 35.5 Å². The smallest absolute Gasteiger partial charge is 0.222 e. The van der Waals surface area contributed by atoms with E-state index in [4.69, 9.17) is 5.73 Å². The molecular formula is C11H15N5S. The topological polar surface area (TPSA) is 67.1 Å². The van der Waals surface area contributed by atoms with Gasteiger partial charge in [0.25, 0.3) is 0 Å². The zero-order chi connectivity index (χ0) is 11.8. The van der Waals surface area contributed by atoms with Crippen LogP contribution in [0.3, 0.4) is 0 Å². The quantitative estimate of drug-likeness (QED) is 0.833. The molecule has 2 aromatic heterocycles. The van der Waals surface area contributed by atoms with Crippen molar-refractivity contribution in [1.82, 2.24) is 15.3 Å². The normalized spacial score (nSPS) is 20.3. The van der Waals surface area contributed by atoms with E-state index in [1.807, 2.05) is 18.5 Å². The van der Waals surface area contributed by atoms with E-state index in [1.165, 1.54) is 0 Å². The molecule has 0 saturated carbocycles. The molecule has 0 aliphatic carbocycles. The molecule has 5 nitrogen and oxygen atoms in total. The number of rotatable bonds is 2. The Hall–Kier alpha value is -1.40. The van der Waals surface area contributed by atoms with Crippen LogP contribution in [-0.2, 0) is 0 Å². The lowest BCUT2D eigenvalue weighted by molar-refractivity contribution is 0.616. The molecule has 1 fully saturated rings. The van der Waals surface area contributed by atoms with Crippen molar-refractivity contribution in [1.29, 1.82) is 0 Å². The van der Waals surface area contributed by atoms with Gasteiger partial charge in [0.2, 0.25) is 5.95 Å². The Morgan fingerprint density at radius 1 is 1.53 bits per heavy atom. The molecule has 0 unspecified atom stereocenters. The largest absolute Gasteiger partial charge is 0.368 e. The van der Waals surface area contributed by atoms with Gasteiger partial charge < -0.3 is 16.0 Å². The predicted octanol–water partition coefficient (Wildman–Crippen LogP) is 1.07. The molecule has 17 heavy (non-hydrogen) atoms. The molecule has 3 N–H and O–H groups in total. The second kappa shape index (κ2) is 4.12. The third-order valence-corrected chi connectivity index (χ3v) is 4.10. The molecule has 6 heteroatoms. The Bertz CT molecular complexity index is 538. The minimum absolute atomic E-state index is 0.360. The first-order valence-corrected chi connectivity index (χ1v) is 6.59. The van der Waals surface area contributed by atoms with E-state index >= 15 is 0 Å². The summed E-state index contributed by atoms with van der Waals surface area (Å²) in [4.78, 5) is 10.9. The molecular weight excluding hydrogens is 234 g/mol. The van der Waals surface area contributed by atoms with Crippen LogP contribution in [0.15, 0.2) is 11.4 Å². The van der Waals surface area contributed by atoms with Crippen molar-refractivity contribution in [2.24, 2.45) is 0 Å². The number of nitrogens with zero attached hydrogens (tertiary/aromatic N) is 3. The van der Waals surface area contributed by atoms with E-state index < -0.39 is 0 Å². The van der Waals surface area contributed by atoms with Gasteiger partial charge in [0.05, 0.1) is 10.2 Å². The zero-order valence-electron chi connectivity index (χ0n) is 9.68. The monoisotopic (exact) mass is 249 g/mol. The van der Waals surface area contributed by atoms with Crippen molar-refractivity contribution in [2.75, 3.05) is 30.8 Å². The highest BCUT2D eigenvalue weighted by molar-refractivity contribution is 7.17. The van der Waals surface area contributed by atoms with Gasteiger partial charge in [0, 0.05) is 19.1 Å². The fourth-order valence-corrected chi connectivity index (χ4v) is 3.12. The maximum Gasteiger partial charge on any atom is 0.222 e. The fraction of sp³-hybridized carbons (Fsp3) is 0.455. The van der Waals surface area contributed by atoms with Crippen molar-refractivity contribution in [3.63, 3.8) is 0 Å². The van der Waals surface area contributed by atoms with Crippen LogP contribution in [0.25, 0.3) is 10.2 Å². The minimum atomic E-state index is 0.360. The first-order chi connectivity index (χ1) is 8.28. The molecule has 0 aromatic carbocycles. The van der Waals surface area contributed by atoms with Crippen LogP contribution < -0.4 is 16.0 Å². The summed E-state index contributed by atoms with van der Waals surface area (Å²) in [6.45, 7) is 2.01. The maximum atomic E-state index is 5.76. The lowest BCUT2D eigenvalue weighted by atomic mass is 10.3. The number of nitrogens with one attached hydrogen (secondary N) is 1. The fourth-order valence-electron chi connectivity index (χ4n) is 2.27. The number of nitrogen functional groups attached to an aromatic ring is 1. The summed E-state index contributed by atoms with van der Waals surface area (Å²) in [6.07, 6.45) is 1.15. The molecule has 1 aliphatic heterocycles. The summed E-state index contributed by atoms with van der Waals surface area (Å²) in [5.74, 6) is 1.35. The summed E-state index contributed by atoms with van der Waals surface area (Å²) in [7, 11) is 2.00. The second-order valence-electron chi connectivity index (χ2n) is 4.26. The van der Waals surface area contributed by atoms with Gasteiger partial charge in [-0.3, -0.25) is 0 Å². The van der Waals surface area contributed by atoms with Crippen LogP contribution in [0.2, 0.25) is 0 Å². The third-order valence-electron chi connectivity index (χ3n) is 3.20. The van der Waals surface area contributed by atoms with Crippen LogP contribution in [0, 0.1) is 0 Å². The van der Waals surface area contributed by atoms with Crippen LogP contribution in [0.4, 0.5) is 11.8 Å². The van der Waals surface area contributed by atoms with Gasteiger partial charge in [0.15, 0.2) is 5.82 Å². The molecule has 1 atom stereocenters. The molecule has 1 saturated heterocycles. The van der Waals surface area contributed by atoms with Crippen LogP contribution >= 0.6 is 11.3 Å². The van der Waals surface area contributed by atoms with Crippen LogP contribution in [0.5, 0.6) is 0 Å². The number of likely N-dealkylation sites (N-methyl/N-ethyl adjacent to an activating group) is 1. The molecule has 2 aromatic rings. The minimum Gasteiger partial charge on any atom is -0.368 e. The van der Waals surface area contributed by atoms with E-state index in [9.17, 15) is 0 Å². The molecule has 3 rings (SSSR count). The van der Waals surface area contributed by atoms with Gasteiger partial charge in [-0.15, -0.1) is 11.3 Å². The highest BCUT2D eigenvalue weighted by Gasteiger charge is 2.24. The molecule has 1 aliphatic rings. The van der Waals surface area contributed by atoms with Crippen molar-refractivity contribution >= 4 is 33.3 Å². The first kappa shape index (κ1) is 10.7. The molecule has 0 spiro atoms.